The van der Waals surface area contributed by atoms with Gasteiger partial charge in [-0.2, -0.15) is 13.2 Å². The molecule has 2 atom stereocenters. The van der Waals surface area contributed by atoms with E-state index in [0.29, 0.717) is 17.3 Å². The van der Waals surface area contributed by atoms with E-state index in [0.717, 1.165) is 25.5 Å². The molecule has 1 aromatic rings. The minimum atomic E-state index is -4.35. The topological polar surface area (TPSA) is 15.3 Å². The molecule has 118 valence electrons. The lowest BCUT2D eigenvalue weighted by Crippen LogP contribution is -2.56. The highest BCUT2D eigenvalue weighted by Gasteiger charge is 2.33. The molecular formula is C15H20ClF3N2. The van der Waals surface area contributed by atoms with Gasteiger partial charge < -0.3 is 10.2 Å². The van der Waals surface area contributed by atoms with Crippen molar-refractivity contribution < 1.29 is 13.2 Å². The lowest BCUT2D eigenvalue weighted by Gasteiger charge is -2.42. The van der Waals surface area contributed by atoms with Crippen molar-refractivity contribution in [1.82, 2.24) is 5.32 Å². The fourth-order valence-corrected chi connectivity index (χ4v) is 2.93. The van der Waals surface area contributed by atoms with Gasteiger partial charge in [0.15, 0.2) is 0 Å². The van der Waals surface area contributed by atoms with Gasteiger partial charge >= 0.3 is 6.18 Å². The number of nitrogens with zero attached hydrogens (tertiary/aromatic N) is 1. The molecule has 1 heterocycles. The molecule has 6 heteroatoms. The number of alkyl halides is 3. The molecule has 0 amide bonds. The smallest absolute Gasteiger partial charge is 0.365 e. The van der Waals surface area contributed by atoms with Crippen LogP contribution in [-0.2, 0) is 6.18 Å². The van der Waals surface area contributed by atoms with Crippen LogP contribution in [0.4, 0.5) is 18.9 Å². The Morgan fingerprint density at radius 2 is 2.00 bits per heavy atom. The molecule has 1 saturated heterocycles. The predicted octanol–water partition coefficient (Wildman–Crippen LogP) is 4.33. The zero-order valence-corrected chi connectivity index (χ0v) is 12.9. The standard InChI is InChI=1S/C15H20ClF3N2/c1-3-11-9-21(12(4-2)8-20-11)14-7-10(15(17,18)19)5-6-13(14)16/h5-7,11-12,20H,3-4,8-9H2,1-2H3. The van der Waals surface area contributed by atoms with E-state index in [9.17, 15) is 13.2 Å². The Bertz CT molecular complexity index is 490. The number of anilines is 1. The van der Waals surface area contributed by atoms with E-state index in [-0.39, 0.29) is 12.1 Å². The number of nitrogens with one attached hydrogen (secondary N) is 1. The zero-order valence-electron chi connectivity index (χ0n) is 12.2. The van der Waals surface area contributed by atoms with Crippen molar-refractivity contribution in [1.29, 1.82) is 0 Å². The summed E-state index contributed by atoms with van der Waals surface area (Å²) >= 11 is 6.16. The Hall–Kier alpha value is -0.940. The monoisotopic (exact) mass is 320 g/mol. The highest BCUT2D eigenvalue weighted by atomic mass is 35.5. The molecule has 1 aliphatic heterocycles. The minimum absolute atomic E-state index is 0.161. The zero-order chi connectivity index (χ0) is 15.6. The number of hydrogen-bond donors (Lipinski definition) is 1. The number of hydrogen-bond acceptors (Lipinski definition) is 2. The molecule has 0 spiro atoms. The van der Waals surface area contributed by atoms with Crippen LogP contribution in [0.25, 0.3) is 0 Å². The van der Waals surface area contributed by atoms with Crippen LogP contribution < -0.4 is 10.2 Å². The molecule has 0 radical (unpaired) electrons. The van der Waals surface area contributed by atoms with Crippen LogP contribution >= 0.6 is 11.6 Å². The predicted molar refractivity (Wildman–Crippen MR) is 80.0 cm³/mol. The first-order valence-electron chi connectivity index (χ1n) is 7.23. The second-order valence-corrected chi connectivity index (χ2v) is 5.80. The maximum atomic E-state index is 12.9. The van der Waals surface area contributed by atoms with Crippen molar-refractivity contribution in [2.75, 3.05) is 18.0 Å². The normalized spacial score (nSPS) is 23.4. The minimum Gasteiger partial charge on any atom is -0.365 e. The molecular weight excluding hydrogens is 301 g/mol. The third kappa shape index (κ3) is 3.64. The summed E-state index contributed by atoms with van der Waals surface area (Å²) in [7, 11) is 0. The summed E-state index contributed by atoms with van der Waals surface area (Å²) < 4.78 is 38.7. The third-order valence-electron chi connectivity index (χ3n) is 4.05. The maximum absolute atomic E-state index is 12.9. The van der Waals surface area contributed by atoms with Crippen molar-refractivity contribution in [3.8, 4) is 0 Å². The van der Waals surface area contributed by atoms with Crippen LogP contribution in [0.1, 0.15) is 32.3 Å². The first-order chi connectivity index (χ1) is 9.86. The van der Waals surface area contributed by atoms with E-state index in [1.54, 1.807) is 0 Å². The summed E-state index contributed by atoms with van der Waals surface area (Å²) in [6.07, 6.45) is -2.56. The van der Waals surface area contributed by atoms with Crippen molar-refractivity contribution in [3.05, 3.63) is 28.8 Å². The second kappa shape index (κ2) is 6.44. The Balaban J connectivity index is 2.37. The van der Waals surface area contributed by atoms with E-state index in [1.165, 1.54) is 12.1 Å². The van der Waals surface area contributed by atoms with E-state index in [1.807, 2.05) is 11.8 Å². The summed E-state index contributed by atoms with van der Waals surface area (Å²) in [6.45, 7) is 5.54. The lowest BCUT2D eigenvalue weighted by molar-refractivity contribution is -0.137. The Morgan fingerprint density at radius 1 is 1.29 bits per heavy atom. The molecule has 2 rings (SSSR count). The van der Waals surface area contributed by atoms with Gasteiger partial charge in [0, 0.05) is 25.2 Å². The van der Waals surface area contributed by atoms with Crippen molar-refractivity contribution in [3.63, 3.8) is 0 Å². The molecule has 1 N–H and O–H groups in total. The number of benzene rings is 1. The van der Waals surface area contributed by atoms with Crippen LogP contribution in [0.5, 0.6) is 0 Å². The molecule has 21 heavy (non-hydrogen) atoms. The molecule has 1 fully saturated rings. The van der Waals surface area contributed by atoms with Gasteiger partial charge in [-0.15, -0.1) is 0 Å². The van der Waals surface area contributed by atoms with Crippen LogP contribution in [0.2, 0.25) is 5.02 Å². The summed E-state index contributed by atoms with van der Waals surface area (Å²) in [4.78, 5) is 2.02. The van der Waals surface area contributed by atoms with Gasteiger partial charge in [-0.05, 0) is 31.0 Å². The largest absolute Gasteiger partial charge is 0.416 e. The summed E-state index contributed by atoms with van der Waals surface area (Å²) in [5, 5.41) is 3.80. The van der Waals surface area contributed by atoms with Crippen molar-refractivity contribution in [2.45, 2.75) is 44.9 Å². The van der Waals surface area contributed by atoms with Crippen LogP contribution in [0.15, 0.2) is 18.2 Å². The van der Waals surface area contributed by atoms with Gasteiger partial charge in [0.25, 0.3) is 0 Å². The SMILES string of the molecule is CCC1CN(c2cc(C(F)(F)F)ccc2Cl)C(CC)CN1. The highest BCUT2D eigenvalue weighted by Crippen LogP contribution is 2.36. The quantitative estimate of drug-likeness (QED) is 0.892. The van der Waals surface area contributed by atoms with Gasteiger partial charge in [0.1, 0.15) is 0 Å². The molecule has 0 aromatic heterocycles. The average Bonchev–Trinajstić information content (AvgIpc) is 2.45. The van der Waals surface area contributed by atoms with Crippen molar-refractivity contribution >= 4 is 17.3 Å². The maximum Gasteiger partial charge on any atom is 0.416 e. The van der Waals surface area contributed by atoms with E-state index in [4.69, 9.17) is 11.6 Å². The van der Waals surface area contributed by atoms with E-state index in [2.05, 4.69) is 12.2 Å². The summed E-state index contributed by atoms with van der Waals surface area (Å²) in [5.41, 5.74) is -0.165. The fourth-order valence-electron chi connectivity index (χ4n) is 2.71. The lowest BCUT2D eigenvalue weighted by atomic mass is 10.0. The second-order valence-electron chi connectivity index (χ2n) is 5.39. The summed E-state index contributed by atoms with van der Waals surface area (Å²) in [5.74, 6) is 0. The van der Waals surface area contributed by atoms with Gasteiger partial charge in [0.05, 0.1) is 16.3 Å². The number of halogens is 4. The molecule has 2 unspecified atom stereocenters. The van der Waals surface area contributed by atoms with Crippen molar-refractivity contribution in [2.24, 2.45) is 0 Å². The van der Waals surface area contributed by atoms with Gasteiger partial charge in [0.2, 0.25) is 0 Å². The van der Waals surface area contributed by atoms with E-state index >= 15 is 0 Å². The Morgan fingerprint density at radius 3 is 2.57 bits per heavy atom. The Labute approximate surface area is 128 Å². The first kappa shape index (κ1) is 16.4. The van der Waals surface area contributed by atoms with Gasteiger partial charge in [-0.25, -0.2) is 0 Å². The molecule has 2 nitrogen and oxygen atoms in total. The van der Waals surface area contributed by atoms with Crippen LogP contribution in [0.3, 0.4) is 0 Å². The molecule has 0 saturated carbocycles. The van der Waals surface area contributed by atoms with E-state index < -0.39 is 11.7 Å². The number of rotatable bonds is 3. The highest BCUT2D eigenvalue weighted by molar-refractivity contribution is 6.33. The summed E-state index contributed by atoms with van der Waals surface area (Å²) in [6, 6.07) is 3.98. The molecule has 1 aromatic carbocycles. The Kier molecular flexibility index (Phi) is 5.04. The van der Waals surface area contributed by atoms with Crippen LogP contribution in [-0.4, -0.2) is 25.2 Å². The molecule has 0 aliphatic carbocycles. The molecule has 0 bridgehead atoms. The van der Waals surface area contributed by atoms with Gasteiger partial charge in [-0.1, -0.05) is 25.4 Å². The first-order valence-corrected chi connectivity index (χ1v) is 7.61. The average molecular weight is 321 g/mol. The fraction of sp³-hybridized carbons (Fsp3) is 0.600. The molecule has 1 aliphatic rings. The number of piperazine rings is 1. The third-order valence-corrected chi connectivity index (χ3v) is 4.37. The van der Waals surface area contributed by atoms with Crippen LogP contribution in [0, 0.1) is 0 Å². The van der Waals surface area contributed by atoms with Gasteiger partial charge in [-0.3, -0.25) is 0 Å².